The molecule has 1 aromatic carbocycles. The van der Waals surface area contributed by atoms with Gasteiger partial charge in [-0.1, -0.05) is 0 Å². The van der Waals surface area contributed by atoms with E-state index < -0.39 is 5.82 Å². The summed E-state index contributed by atoms with van der Waals surface area (Å²) in [5.41, 5.74) is 0.291. The molecule has 0 bridgehead atoms. The molecular weight excluding hydrogens is 353 g/mol. The number of rotatable bonds is 3. The molecule has 26 heavy (non-hydrogen) atoms. The first-order valence-corrected chi connectivity index (χ1v) is 9.81. The number of thioether (sulfide) groups is 1. The van der Waals surface area contributed by atoms with E-state index in [9.17, 15) is 14.3 Å². The molecule has 0 unspecified atom stereocenters. The zero-order valence-corrected chi connectivity index (χ0v) is 15.5. The Labute approximate surface area is 156 Å². The Balaban J connectivity index is 1.44. The van der Waals surface area contributed by atoms with Crippen LogP contribution in [0.2, 0.25) is 0 Å². The second-order valence-corrected chi connectivity index (χ2v) is 8.27. The van der Waals surface area contributed by atoms with Crippen LogP contribution in [-0.4, -0.2) is 58.2 Å². The van der Waals surface area contributed by atoms with Crippen molar-refractivity contribution in [2.45, 2.75) is 25.8 Å². The van der Waals surface area contributed by atoms with Crippen molar-refractivity contribution < 1.29 is 14.3 Å². The normalized spacial score (nSPS) is 25.8. The third-order valence-electron chi connectivity index (χ3n) is 5.06. The first-order chi connectivity index (χ1) is 12.5. The Kier molecular flexibility index (Phi) is 4.75. The van der Waals surface area contributed by atoms with Crippen LogP contribution in [0, 0.1) is 11.7 Å². The fourth-order valence-corrected chi connectivity index (χ4v) is 4.48. The van der Waals surface area contributed by atoms with Gasteiger partial charge in [-0.05, 0) is 61.7 Å². The molecule has 0 spiro atoms. The SMILES string of the molecule is C[C@H]1CN(CC2CC2)CCN1C1=NC(=O)/C(=C/c2cc(F)ccc2O)S1. The molecule has 0 aromatic heterocycles. The number of halogens is 1. The van der Waals surface area contributed by atoms with E-state index >= 15 is 0 Å². The van der Waals surface area contributed by atoms with Crippen LogP contribution in [0.1, 0.15) is 25.3 Å². The molecule has 1 N–H and O–H groups in total. The number of carbonyl (C=O) groups is 1. The highest BCUT2D eigenvalue weighted by molar-refractivity contribution is 8.18. The maximum Gasteiger partial charge on any atom is 0.286 e. The van der Waals surface area contributed by atoms with Gasteiger partial charge in [-0.2, -0.15) is 4.99 Å². The average Bonchev–Trinajstić information content (AvgIpc) is 3.33. The van der Waals surface area contributed by atoms with Gasteiger partial charge in [0, 0.05) is 37.8 Å². The number of nitrogens with zero attached hydrogens (tertiary/aromatic N) is 3. The van der Waals surface area contributed by atoms with E-state index in [1.807, 2.05) is 0 Å². The van der Waals surface area contributed by atoms with Gasteiger partial charge in [0.05, 0.1) is 4.91 Å². The average molecular weight is 375 g/mol. The van der Waals surface area contributed by atoms with Crippen molar-refractivity contribution in [3.63, 3.8) is 0 Å². The van der Waals surface area contributed by atoms with Gasteiger partial charge in [0.15, 0.2) is 5.17 Å². The Morgan fingerprint density at radius 1 is 1.38 bits per heavy atom. The van der Waals surface area contributed by atoms with Crippen molar-refractivity contribution in [1.29, 1.82) is 0 Å². The Morgan fingerprint density at radius 2 is 2.19 bits per heavy atom. The van der Waals surface area contributed by atoms with E-state index in [0.717, 1.165) is 25.6 Å². The number of amidine groups is 1. The van der Waals surface area contributed by atoms with Gasteiger partial charge in [0.1, 0.15) is 11.6 Å². The molecule has 3 aliphatic rings. The molecular formula is C19H22FN3O2S. The number of hydrogen-bond acceptors (Lipinski definition) is 5. The third-order valence-corrected chi connectivity index (χ3v) is 6.08. The summed E-state index contributed by atoms with van der Waals surface area (Å²) in [6, 6.07) is 3.98. The van der Waals surface area contributed by atoms with Crippen LogP contribution in [0.3, 0.4) is 0 Å². The maximum atomic E-state index is 13.4. The minimum Gasteiger partial charge on any atom is -0.507 e. The lowest BCUT2D eigenvalue weighted by atomic mass is 10.2. The number of phenols is 1. The predicted molar refractivity (Wildman–Crippen MR) is 101 cm³/mol. The molecule has 1 saturated carbocycles. The van der Waals surface area contributed by atoms with Gasteiger partial charge in [-0.15, -0.1) is 0 Å². The molecule has 1 atom stereocenters. The largest absolute Gasteiger partial charge is 0.507 e. The summed E-state index contributed by atoms with van der Waals surface area (Å²) >= 11 is 1.30. The molecule has 1 saturated heterocycles. The Bertz CT molecular complexity index is 791. The smallest absolute Gasteiger partial charge is 0.286 e. The first-order valence-electron chi connectivity index (χ1n) is 8.99. The summed E-state index contributed by atoms with van der Waals surface area (Å²) in [6.45, 7) is 6.16. The van der Waals surface area contributed by atoms with E-state index in [-0.39, 0.29) is 11.7 Å². The number of carbonyl (C=O) groups excluding carboxylic acids is 1. The highest BCUT2D eigenvalue weighted by Gasteiger charge is 2.34. The fraction of sp³-hybridized carbons (Fsp3) is 0.474. The van der Waals surface area contributed by atoms with Crippen molar-refractivity contribution in [2.24, 2.45) is 10.9 Å². The summed E-state index contributed by atoms with van der Waals surface area (Å²) in [5, 5.41) is 10.6. The van der Waals surface area contributed by atoms with Crippen LogP contribution < -0.4 is 0 Å². The zero-order chi connectivity index (χ0) is 18.3. The molecule has 2 fully saturated rings. The monoisotopic (exact) mass is 375 g/mol. The van der Waals surface area contributed by atoms with Crippen molar-refractivity contribution in [2.75, 3.05) is 26.2 Å². The Hall–Kier alpha value is -1.86. The van der Waals surface area contributed by atoms with E-state index in [2.05, 4.69) is 21.7 Å². The summed E-state index contributed by atoms with van der Waals surface area (Å²) in [7, 11) is 0. The topological polar surface area (TPSA) is 56.1 Å². The van der Waals surface area contributed by atoms with E-state index in [0.29, 0.717) is 21.7 Å². The fourth-order valence-electron chi connectivity index (χ4n) is 3.45. The maximum absolute atomic E-state index is 13.4. The number of aliphatic imine (C=N–C) groups is 1. The summed E-state index contributed by atoms with van der Waals surface area (Å²) in [6.07, 6.45) is 4.22. The van der Waals surface area contributed by atoms with E-state index in [1.165, 1.54) is 55.4 Å². The van der Waals surface area contributed by atoms with Gasteiger partial charge in [0.2, 0.25) is 0 Å². The standard InChI is InChI=1S/C19H22FN3O2S/c1-12-10-22(11-13-2-3-13)6-7-23(12)19-21-18(25)17(26-19)9-14-8-15(20)4-5-16(14)24/h4-5,8-9,12-13,24H,2-3,6-7,10-11H2,1H3/b17-9-/t12-/m0/s1. The molecule has 5 nitrogen and oxygen atoms in total. The van der Waals surface area contributed by atoms with Crippen molar-refractivity contribution in [1.82, 2.24) is 9.80 Å². The summed E-state index contributed by atoms with van der Waals surface area (Å²) in [4.78, 5) is 21.6. The van der Waals surface area contributed by atoms with Crippen LogP contribution in [0.15, 0.2) is 28.1 Å². The third kappa shape index (κ3) is 3.78. The van der Waals surface area contributed by atoms with E-state index in [4.69, 9.17) is 0 Å². The van der Waals surface area contributed by atoms with Gasteiger partial charge < -0.3 is 10.0 Å². The van der Waals surface area contributed by atoms with Gasteiger partial charge in [-0.3, -0.25) is 9.69 Å². The molecule has 1 amide bonds. The lowest BCUT2D eigenvalue weighted by Crippen LogP contribution is -2.53. The highest BCUT2D eigenvalue weighted by atomic mass is 32.2. The lowest BCUT2D eigenvalue weighted by molar-refractivity contribution is -0.113. The number of benzene rings is 1. The molecule has 1 aromatic rings. The molecule has 2 aliphatic heterocycles. The Morgan fingerprint density at radius 3 is 2.92 bits per heavy atom. The van der Waals surface area contributed by atoms with Crippen molar-refractivity contribution in [3.05, 3.63) is 34.5 Å². The predicted octanol–water partition coefficient (Wildman–Crippen LogP) is 2.92. The number of amides is 1. The van der Waals surface area contributed by atoms with Crippen LogP contribution >= 0.6 is 11.8 Å². The zero-order valence-electron chi connectivity index (χ0n) is 14.7. The van der Waals surface area contributed by atoms with Gasteiger partial charge in [-0.25, -0.2) is 4.39 Å². The second-order valence-electron chi connectivity index (χ2n) is 7.26. The van der Waals surface area contributed by atoms with Crippen LogP contribution in [0.4, 0.5) is 4.39 Å². The van der Waals surface area contributed by atoms with Gasteiger partial charge >= 0.3 is 0 Å². The highest BCUT2D eigenvalue weighted by Crippen LogP contribution is 2.34. The second kappa shape index (κ2) is 7.04. The number of piperazine rings is 1. The summed E-state index contributed by atoms with van der Waals surface area (Å²) < 4.78 is 13.4. The summed E-state index contributed by atoms with van der Waals surface area (Å²) in [5.74, 6) is 0.0396. The molecule has 7 heteroatoms. The van der Waals surface area contributed by atoms with Gasteiger partial charge in [0.25, 0.3) is 5.91 Å². The molecule has 138 valence electrons. The van der Waals surface area contributed by atoms with E-state index in [1.54, 1.807) is 0 Å². The molecule has 4 rings (SSSR count). The first kappa shape index (κ1) is 17.5. The molecule has 1 aliphatic carbocycles. The molecule has 0 radical (unpaired) electrons. The van der Waals surface area contributed by atoms with Crippen molar-refractivity contribution >= 4 is 28.9 Å². The van der Waals surface area contributed by atoms with Crippen LogP contribution in [0.5, 0.6) is 5.75 Å². The number of aromatic hydroxyl groups is 1. The lowest BCUT2D eigenvalue weighted by Gasteiger charge is -2.40. The molecule has 2 heterocycles. The number of hydrogen-bond donors (Lipinski definition) is 1. The minimum atomic E-state index is -0.452. The van der Waals surface area contributed by atoms with Crippen LogP contribution in [0.25, 0.3) is 6.08 Å². The van der Waals surface area contributed by atoms with Crippen LogP contribution in [-0.2, 0) is 4.79 Å². The van der Waals surface area contributed by atoms with Crippen molar-refractivity contribution in [3.8, 4) is 5.75 Å². The minimum absolute atomic E-state index is 0.0530. The number of phenolic OH excluding ortho intramolecular Hbond substituents is 1. The quantitative estimate of drug-likeness (QED) is 0.824.